The molecule has 0 bridgehead atoms. The van der Waals surface area contributed by atoms with Crippen molar-refractivity contribution in [3.8, 4) is 6.07 Å². The Bertz CT molecular complexity index is 483. The molecule has 0 radical (unpaired) electrons. The van der Waals surface area contributed by atoms with Gasteiger partial charge in [0.15, 0.2) is 0 Å². The van der Waals surface area contributed by atoms with Crippen molar-refractivity contribution < 1.29 is 18.3 Å². The van der Waals surface area contributed by atoms with Gasteiger partial charge in [0, 0.05) is 12.1 Å². The van der Waals surface area contributed by atoms with Crippen molar-refractivity contribution in [1.29, 1.82) is 5.26 Å². The van der Waals surface area contributed by atoms with Gasteiger partial charge < -0.3 is 10.5 Å². The van der Waals surface area contributed by atoms with Gasteiger partial charge in [0.2, 0.25) is 0 Å². The van der Waals surface area contributed by atoms with Crippen molar-refractivity contribution >= 4 is 5.97 Å². The largest absolute Gasteiger partial charge is 0.464 e. The summed E-state index contributed by atoms with van der Waals surface area (Å²) in [7, 11) is 1.09. The number of hydrogen-bond acceptors (Lipinski definition) is 5. The number of halogens is 2. The van der Waals surface area contributed by atoms with E-state index in [0.717, 1.165) is 13.2 Å². The fourth-order valence-corrected chi connectivity index (χ4v) is 1.30. The van der Waals surface area contributed by atoms with Crippen LogP contribution in [0, 0.1) is 11.3 Å². The summed E-state index contributed by atoms with van der Waals surface area (Å²) in [5.41, 5.74) is 4.13. The predicted molar refractivity (Wildman–Crippen MR) is 53.1 cm³/mol. The van der Waals surface area contributed by atoms with Crippen LogP contribution in [0.5, 0.6) is 0 Å². The first-order valence-electron chi connectivity index (χ1n) is 4.55. The fraction of sp³-hybridized carbons (Fsp3) is 0.300. The van der Waals surface area contributed by atoms with Crippen LogP contribution in [0.2, 0.25) is 0 Å². The van der Waals surface area contributed by atoms with Crippen LogP contribution in [0.3, 0.4) is 0 Å². The van der Waals surface area contributed by atoms with Gasteiger partial charge in [-0.1, -0.05) is 0 Å². The number of alkyl halides is 2. The molecule has 0 aliphatic heterocycles. The van der Waals surface area contributed by atoms with Crippen LogP contribution in [0.1, 0.15) is 33.7 Å². The molecule has 0 aliphatic rings. The van der Waals surface area contributed by atoms with Gasteiger partial charge in [-0.25, -0.2) is 18.6 Å². The van der Waals surface area contributed by atoms with E-state index in [4.69, 9.17) is 11.0 Å². The Balaban J connectivity index is 3.47. The highest BCUT2D eigenvalue weighted by Crippen LogP contribution is 2.24. The molecule has 1 aromatic heterocycles. The summed E-state index contributed by atoms with van der Waals surface area (Å²) in [6.45, 7) is -0.253. The molecule has 90 valence electrons. The summed E-state index contributed by atoms with van der Waals surface area (Å²) in [5.74, 6) is -0.882. The summed E-state index contributed by atoms with van der Waals surface area (Å²) < 4.78 is 29.8. The molecule has 5 nitrogen and oxygen atoms in total. The van der Waals surface area contributed by atoms with Gasteiger partial charge in [0.1, 0.15) is 11.4 Å². The number of rotatable bonds is 3. The predicted octanol–water partition coefficient (Wildman–Crippen LogP) is 1.14. The number of hydrogen-bond donors (Lipinski definition) is 1. The average Bonchev–Trinajstić information content (AvgIpc) is 2.35. The van der Waals surface area contributed by atoms with Gasteiger partial charge in [-0.15, -0.1) is 0 Å². The smallest absolute Gasteiger partial charge is 0.356 e. The Morgan fingerprint density at radius 1 is 1.71 bits per heavy atom. The van der Waals surface area contributed by atoms with E-state index < -0.39 is 18.1 Å². The lowest BCUT2D eigenvalue weighted by Crippen LogP contribution is -2.13. The minimum absolute atomic E-state index is 0.0600. The Morgan fingerprint density at radius 2 is 2.35 bits per heavy atom. The number of methoxy groups -OCH3 is 1. The molecule has 0 aliphatic carbocycles. The Kier molecular flexibility index (Phi) is 4.06. The van der Waals surface area contributed by atoms with Crippen LogP contribution in [0.25, 0.3) is 0 Å². The zero-order chi connectivity index (χ0) is 13.0. The number of carbonyl (C=O) groups is 1. The first kappa shape index (κ1) is 13.0. The maximum Gasteiger partial charge on any atom is 0.356 e. The molecular formula is C10H9F2N3O2. The second kappa shape index (κ2) is 5.32. The zero-order valence-corrected chi connectivity index (χ0v) is 8.91. The first-order chi connectivity index (χ1) is 8.04. The van der Waals surface area contributed by atoms with E-state index in [1.807, 2.05) is 0 Å². The molecule has 17 heavy (non-hydrogen) atoms. The highest BCUT2D eigenvalue weighted by molar-refractivity contribution is 5.87. The molecule has 0 aromatic carbocycles. The summed E-state index contributed by atoms with van der Waals surface area (Å²) in [6, 6.07) is 2.78. The van der Waals surface area contributed by atoms with E-state index in [-0.39, 0.29) is 23.4 Å². The molecule has 0 saturated heterocycles. The Labute approximate surface area is 95.8 Å². The molecule has 1 aromatic rings. The number of nitriles is 1. The molecule has 0 saturated carbocycles. The Morgan fingerprint density at radius 3 is 2.76 bits per heavy atom. The zero-order valence-electron chi connectivity index (χ0n) is 8.91. The van der Waals surface area contributed by atoms with Crippen LogP contribution >= 0.6 is 0 Å². The third kappa shape index (κ3) is 2.54. The van der Waals surface area contributed by atoms with Crippen molar-refractivity contribution in [3.63, 3.8) is 0 Å². The first-order valence-corrected chi connectivity index (χ1v) is 4.55. The van der Waals surface area contributed by atoms with Crippen molar-refractivity contribution in [2.45, 2.75) is 13.0 Å². The van der Waals surface area contributed by atoms with Crippen molar-refractivity contribution in [1.82, 2.24) is 4.98 Å². The van der Waals surface area contributed by atoms with E-state index in [9.17, 15) is 13.6 Å². The lowest BCUT2D eigenvalue weighted by atomic mass is 10.1. The maximum absolute atomic E-state index is 12.7. The minimum Gasteiger partial charge on any atom is -0.464 e. The summed E-state index contributed by atoms with van der Waals surface area (Å²) >= 11 is 0. The number of pyridine rings is 1. The highest BCUT2D eigenvalue weighted by Gasteiger charge is 2.21. The standard InChI is InChI=1S/C10H9F2N3O2/c1-17-10(16)7-2-5(3-13)6(4-14)8(15-7)9(11)12/h2,9H,4,14H2,1H3. The van der Waals surface area contributed by atoms with Crippen molar-refractivity contribution in [3.05, 3.63) is 28.6 Å². The molecular weight excluding hydrogens is 232 g/mol. The van der Waals surface area contributed by atoms with Gasteiger partial charge >= 0.3 is 5.97 Å². The van der Waals surface area contributed by atoms with Crippen LogP contribution in [-0.2, 0) is 11.3 Å². The summed E-state index contributed by atoms with van der Waals surface area (Å²) in [4.78, 5) is 14.7. The number of nitrogens with zero attached hydrogens (tertiary/aromatic N) is 2. The van der Waals surface area contributed by atoms with Gasteiger partial charge in [0.05, 0.1) is 18.7 Å². The molecule has 7 heteroatoms. The van der Waals surface area contributed by atoms with Crippen LogP contribution in [0.15, 0.2) is 6.07 Å². The van der Waals surface area contributed by atoms with Gasteiger partial charge in [-0.3, -0.25) is 0 Å². The van der Waals surface area contributed by atoms with Gasteiger partial charge in [0.25, 0.3) is 6.43 Å². The third-order valence-corrected chi connectivity index (χ3v) is 2.08. The molecule has 0 spiro atoms. The fourth-order valence-electron chi connectivity index (χ4n) is 1.30. The lowest BCUT2D eigenvalue weighted by Gasteiger charge is -2.09. The Hall–Kier alpha value is -2.07. The second-order valence-electron chi connectivity index (χ2n) is 3.03. The number of carbonyl (C=O) groups excluding carboxylic acids is 1. The topological polar surface area (TPSA) is 89.0 Å². The van der Waals surface area contributed by atoms with Crippen LogP contribution in [0.4, 0.5) is 8.78 Å². The number of nitrogens with two attached hydrogens (primary N) is 1. The monoisotopic (exact) mass is 241 g/mol. The molecule has 0 fully saturated rings. The van der Waals surface area contributed by atoms with Crippen molar-refractivity contribution in [2.24, 2.45) is 5.73 Å². The molecule has 1 heterocycles. The minimum atomic E-state index is -2.91. The quantitative estimate of drug-likeness (QED) is 0.801. The van der Waals surface area contributed by atoms with Crippen molar-refractivity contribution in [2.75, 3.05) is 7.11 Å². The molecule has 0 atom stereocenters. The van der Waals surface area contributed by atoms with E-state index in [0.29, 0.717) is 0 Å². The molecule has 0 amide bonds. The summed E-state index contributed by atoms with van der Waals surface area (Å²) in [5, 5.41) is 8.80. The van der Waals surface area contributed by atoms with E-state index in [2.05, 4.69) is 9.72 Å². The number of aromatic nitrogens is 1. The van der Waals surface area contributed by atoms with Gasteiger partial charge in [-0.05, 0) is 6.07 Å². The molecule has 2 N–H and O–H groups in total. The van der Waals surface area contributed by atoms with E-state index in [1.54, 1.807) is 6.07 Å². The van der Waals surface area contributed by atoms with Crippen LogP contribution in [-0.4, -0.2) is 18.1 Å². The molecule has 1 rings (SSSR count). The van der Waals surface area contributed by atoms with E-state index in [1.165, 1.54) is 0 Å². The normalized spacial score (nSPS) is 10.1. The summed E-state index contributed by atoms with van der Waals surface area (Å²) in [6.07, 6.45) is -2.91. The average molecular weight is 241 g/mol. The molecule has 0 unspecified atom stereocenters. The SMILES string of the molecule is COC(=O)c1cc(C#N)c(CN)c(C(F)F)n1. The number of esters is 1. The number of ether oxygens (including phenoxy) is 1. The van der Waals surface area contributed by atoms with E-state index >= 15 is 0 Å². The second-order valence-corrected chi connectivity index (χ2v) is 3.03. The highest BCUT2D eigenvalue weighted by atomic mass is 19.3. The van der Waals surface area contributed by atoms with Gasteiger partial charge in [-0.2, -0.15) is 5.26 Å². The maximum atomic E-state index is 12.7. The lowest BCUT2D eigenvalue weighted by molar-refractivity contribution is 0.0592. The third-order valence-electron chi connectivity index (χ3n) is 2.08. The van der Waals surface area contributed by atoms with Crippen LogP contribution < -0.4 is 5.73 Å².